The molecule has 3 aromatic carbocycles. The molecular weight excluding hydrogens is 527 g/mol. The molecule has 1 atom stereocenters. The van der Waals surface area contributed by atoms with E-state index in [0.717, 1.165) is 0 Å². The summed E-state index contributed by atoms with van der Waals surface area (Å²) >= 11 is 12.2. The second-order valence-electron chi connectivity index (χ2n) is 8.39. The van der Waals surface area contributed by atoms with Crippen molar-refractivity contribution in [2.45, 2.75) is 6.10 Å². The highest BCUT2D eigenvalue weighted by Gasteiger charge is 2.18. The lowest BCUT2D eigenvalue weighted by molar-refractivity contribution is 0.191. The van der Waals surface area contributed by atoms with Crippen molar-refractivity contribution >= 4 is 57.3 Å². The van der Waals surface area contributed by atoms with Crippen molar-refractivity contribution in [2.75, 3.05) is 22.5 Å². The summed E-state index contributed by atoms with van der Waals surface area (Å²) in [5.74, 6) is 0.294. The van der Waals surface area contributed by atoms with Crippen LogP contribution < -0.4 is 21.5 Å². The molecule has 2 aromatic heterocycles. The van der Waals surface area contributed by atoms with E-state index < -0.39 is 12.1 Å². The van der Waals surface area contributed by atoms with Gasteiger partial charge in [-0.15, -0.1) is 0 Å². The summed E-state index contributed by atoms with van der Waals surface area (Å²) < 4.78 is 0. The van der Waals surface area contributed by atoms with Gasteiger partial charge in [0.15, 0.2) is 0 Å². The fraction of sp³-hybridized carbons (Fsp3) is 0.0741. The Morgan fingerprint density at radius 2 is 1.71 bits per heavy atom. The maximum Gasteiger partial charge on any atom is 0.323 e. The number of aromatic nitrogens is 3. The number of urea groups is 1. The molecule has 0 bridgehead atoms. The van der Waals surface area contributed by atoms with E-state index in [1.54, 1.807) is 72.8 Å². The standard InChI is InChI=1S/C27H22Cl2N6O3/c28-16-6-3-5-15(13-16)22(36)14-31-19-11-12-30-26(37)23(19)25-32-20-9-4-10-21(24(20)35-25)34-27(38)33-18-8-2-1-7-17(18)29/h1-13,22,36H,14H2,(H,32,35)(H2,30,31,37)(H2,33,34,38). The van der Waals surface area contributed by atoms with E-state index in [9.17, 15) is 14.7 Å². The number of carbonyl (C=O) groups is 1. The number of pyridine rings is 1. The van der Waals surface area contributed by atoms with Crippen LogP contribution in [-0.4, -0.2) is 32.6 Å². The first kappa shape index (κ1) is 25.3. The number of rotatable bonds is 7. The zero-order chi connectivity index (χ0) is 26.6. The van der Waals surface area contributed by atoms with E-state index in [2.05, 4.69) is 30.9 Å². The first-order valence-corrected chi connectivity index (χ1v) is 12.4. The first-order chi connectivity index (χ1) is 18.4. The summed E-state index contributed by atoms with van der Waals surface area (Å²) in [6.07, 6.45) is 0.651. The van der Waals surface area contributed by atoms with Crippen molar-refractivity contribution in [2.24, 2.45) is 0 Å². The van der Waals surface area contributed by atoms with Crippen molar-refractivity contribution in [1.29, 1.82) is 0 Å². The number of para-hydroxylation sites is 2. The Balaban J connectivity index is 1.40. The van der Waals surface area contributed by atoms with Crippen LogP contribution in [0.3, 0.4) is 0 Å². The van der Waals surface area contributed by atoms with Crippen LogP contribution in [0.25, 0.3) is 22.4 Å². The number of imidazole rings is 1. The highest BCUT2D eigenvalue weighted by atomic mass is 35.5. The average Bonchev–Trinajstić information content (AvgIpc) is 3.33. The fourth-order valence-electron chi connectivity index (χ4n) is 3.99. The highest BCUT2D eigenvalue weighted by molar-refractivity contribution is 6.33. The van der Waals surface area contributed by atoms with Gasteiger partial charge in [-0.25, -0.2) is 9.78 Å². The maximum atomic E-state index is 12.8. The number of aliphatic hydroxyl groups excluding tert-OH is 1. The zero-order valence-electron chi connectivity index (χ0n) is 19.8. The van der Waals surface area contributed by atoms with Crippen LogP contribution >= 0.6 is 23.2 Å². The molecule has 192 valence electrons. The summed E-state index contributed by atoms with van der Waals surface area (Å²) in [5, 5.41) is 20.2. The number of aliphatic hydroxyl groups is 1. The van der Waals surface area contributed by atoms with Crippen molar-refractivity contribution in [1.82, 2.24) is 15.0 Å². The molecule has 2 amide bonds. The van der Waals surface area contributed by atoms with Crippen molar-refractivity contribution in [3.63, 3.8) is 0 Å². The quantitative estimate of drug-likeness (QED) is 0.148. The number of halogens is 2. The van der Waals surface area contributed by atoms with Crippen molar-refractivity contribution in [3.8, 4) is 11.4 Å². The minimum atomic E-state index is -0.857. The van der Waals surface area contributed by atoms with Gasteiger partial charge in [-0.05, 0) is 48.0 Å². The molecule has 0 radical (unpaired) electrons. The number of hydrogen-bond donors (Lipinski definition) is 6. The summed E-state index contributed by atoms with van der Waals surface area (Å²) in [5.41, 5.74) is 2.98. The fourth-order valence-corrected chi connectivity index (χ4v) is 4.37. The Morgan fingerprint density at radius 3 is 2.53 bits per heavy atom. The van der Waals surface area contributed by atoms with Crippen LogP contribution in [0.4, 0.5) is 21.9 Å². The minimum absolute atomic E-state index is 0.131. The molecule has 0 spiro atoms. The third kappa shape index (κ3) is 5.50. The Kier molecular flexibility index (Phi) is 7.32. The van der Waals surface area contributed by atoms with E-state index in [0.29, 0.717) is 49.5 Å². The Bertz CT molecular complexity index is 1680. The van der Waals surface area contributed by atoms with Gasteiger partial charge < -0.3 is 31.0 Å². The van der Waals surface area contributed by atoms with E-state index in [1.165, 1.54) is 6.20 Å². The van der Waals surface area contributed by atoms with Gasteiger partial charge in [0.25, 0.3) is 5.56 Å². The molecule has 2 heterocycles. The number of nitrogens with one attached hydrogen (secondary N) is 5. The van der Waals surface area contributed by atoms with Crippen molar-refractivity contribution < 1.29 is 9.90 Å². The first-order valence-electron chi connectivity index (χ1n) is 11.6. The lowest BCUT2D eigenvalue weighted by atomic mass is 10.1. The molecule has 38 heavy (non-hydrogen) atoms. The largest absolute Gasteiger partial charge is 0.387 e. The van der Waals surface area contributed by atoms with Gasteiger partial charge in [-0.3, -0.25) is 4.79 Å². The molecule has 0 aliphatic carbocycles. The van der Waals surface area contributed by atoms with Gasteiger partial charge in [0.2, 0.25) is 0 Å². The predicted molar refractivity (Wildman–Crippen MR) is 151 cm³/mol. The molecular formula is C27H22Cl2N6O3. The number of H-pyrrole nitrogens is 2. The van der Waals surface area contributed by atoms with E-state index in [4.69, 9.17) is 23.2 Å². The van der Waals surface area contributed by atoms with Gasteiger partial charge in [0, 0.05) is 17.8 Å². The van der Waals surface area contributed by atoms with Crippen LogP contribution in [0.5, 0.6) is 0 Å². The summed E-state index contributed by atoms with van der Waals surface area (Å²) in [4.78, 5) is 35.9. The number of aromatic amines is 2. The van der Waals surface area contributed by atoms with E-state index in [1.807, 2.05) is 0 Å². The van der Waals surface area contributed by atoms with E-state index >= 15 is 0 Å². The van der Waals surface area contributed by atoms with Gasteiger partial charge in [0.1, 0.15) is 16.9 Å². The molecule has 0 saturated carbocycles. The molecule has 0 fully saturated rings. The van der Waals surface area contributed by atoms with Crippen LogP contribution in [0.1, 0.15) is 11.7 Å². The normalized spacial score (nSPS) is 11.8. The molecule has 0 aliphatic heterocycles. The molecule has 5 aromatic rings. The topological polar surface area (TPSA) is 135 Å². The zero-order valence-corrected chi connectivity index (χ0v) is 21.3. The molecule has 0 aliphatic rings. The van der Waals surface area contributed by atoms with Gasteiger partial charge in [0.05, 0.1) is 33.7 Å². The molecule has 1 unspecified atom stereocenters. The van der Waals surface area contributed by atoms with E-state index in [-0.39, 0.29) is 17.7 Å². The number of fused-ring (bicyclic) bond motifs is 1. The van der Waals surface area contributed by atoms with Crippen LogP contribution in [0.2, 0.25) is 10.0 Å². The number of benzene rings is 3. The lowest BCUT2D eigenvalue weighted by Crippen LogP contribution is -2.19. The average molecular weight is 549 g/mol. The number of carbonyl (C=O) groups excluding carboxylic acids is 1. The highest BCUT2D eigenvalue weighted by Crippen LogP contribution is 2.29. The van der Waals surface area contributed by atoms with Gasteiger partial charge in [-0.1, -0.05) is 53.5 Å². The number of hydrogen-bond acceptors (Lipinski definition) is 5. The molecule has 9 nitrogen and oxygen atoms in total. The predicted octanol–water partition coefficient (Wildman–Crippen LogP) is 6.01. The Labute approximate surface area is 226 Å². The minimum Gasteiger partial charge on any atom is -0.387 e. The summed E-state index contributed by atoms with van der Waals surface area (Å²) in [7, 11) is 0. The molecule has 0 saturated heterocycles. The smallest absolute Gasteiger partial charge is 0.323 e. The third-order valence-corrected chi connectivity index (χ3v) is 6.36. The second-order valence-corrected chi connectivity index (χ2v) is 9.24. The molecule has 11 heteroatoms. The van der Waals surface area contributed by atoms with Crippen LogP contribution in [0.15, 0.2) is 83.8 Å². The Hall–Kier alpha value is -4.31. The van der Waals surface area contributed by atoms with Crippen LogP contribution in [0, 0.1) is 0 Å². The lowest BCUT2D eigenvalue weighted by Gasteiger charge is -2.15. The third-order valence-electron chi connectivity index (χ3n) is 5.80. The van der Waals surface area contributed by atoms with Gasteiger partial charge in [-0.2, -0.15) is 0 Å². The monoisotopic (exact) mass is 548 g/mol. The second kappa shape index (κ2) is 11.0. The summed E-state index contributed by atoms with van der Waals surface area (Å²) in [6, 6.07) is 20.3. The summed E-state index contributed by atoms with van der Waals surface area (Å²) in [6.45, 7) is 0.131. The number of nitrogens with zero attached hydrogens (tertiary/aromatic N) is 1. The van der Waals surface area contributed by atoms with Crippen molar-refractivity contribution in [3.05, 3.63) is 105 Å². The maximum absolute atomic E-state index is 12.8. The van der Waals surface area contributed by atoms with Crippen LogP contribution in [-0.2, 0) is 0 Å². The number of anilines is 3. The number of amides is 2. The SMILES string of the molecule is O=C(Nc1ccccc1Cl)Nc1cccc2[nH]c(-c3c(NCC(O)c4cccc(Cl)c4)cc[nH]c3=O)nc12. The molecule has 6 N–H and O–H groups in total. The Morgan fingerprint density at radius 1 is 0.947 bits per heavy atom. The molecule has 5 rings (SSSR count). The van der Waals surface area contributed by atoms with Gasteiger partial charge >= 0.3 is 6.03 Å².